The molecule has 0 amide bonds. The number of rotatable bonds is 2. The Morgan fingerprint density at radius 3 is 3.04 bits per heavy atom. The van der Waals surface area contributed by atoms with E-state index in [9.17, 15) is 0 Å². The first-order valence-electron chi connectivity index (χ1n) is 7.82. The summed E-state index contributed by atoms with van der Waals surface area (Å²) in [6.45, 7) is 4.88. The van der Waals surface area contributed by atoms with E-state index in [2.05, 4.69) is 44.7 Å². The van der Waals surface area contributed by atoms with Crippen molar-refractivity contribution in [3.05, 3.63) is 39.1 Å². The second kappa shape index (κ2) is 6.50. The van der Waals surface area contributed by atoms with Gasteiger partial charge in [0.05, 0.1) is 16.3 Å². The van der Waals surface area contributed by atoms with Crippen LogP contribution in [0.15, 0.2) is 34.9 Å². The lowest BCUT2D eigenvalue weighted by atomic mass is 10.1. The normalized spacial score (nSPS) is 18.3. The fourth-order valence-corrected chi connectivity index (χ4v) is 3.86. The number of anilines is 1. The molecule has 1 aliphatic heterocycles. The molecule has 0 aliphatic carbocycles. The van der Waals surface area contributed by atoms with Crippen molar-refractivity contribution in [1.82, 2.24) is 15.3 Å². The summed E-state index contributed by atoms with van der Waals surface area (Å²) in [6.07, 6.45) is 1.77. The Hall–Kier alpha value is -1.38. The standard InChI is InChI=1S/C17H16ClIN4O/c1-10-9-20-6-7-23(10)17-22-13-8-11(18)15(19)14(16(13)24-17)12-4-2-3-5-21-12/h2-5,8,10,20H,6-7,9H2,1H3/t10-/m0/s1. The third-order valence-corrected chi connectivity index (χ3v) is 5.97. The molecule has 0 saturated carbocycles. The summed E-state index contributed by atoms with van der Waals surface area (Å²) >= 11 is 8.67. The number of halogens is 2. The van der Waals surface area contributed by atoms with Crippen LogP contribution in [0.2, 0.25) is 5.02 Å². The van der Waals surface area contributed by atoms with Crippen LogP contribution >= 0.6 is 34.2 Å². The van der Waals surface area contributed by atoms with Crippen molar-refractivity contribution in [3.8, 4) is 11.3 Å². The number of pyridine rings is 1. The average molecular weight is 455 g/mol. The van der Waals surface area contributed by atoms with Crippen molar-refractivity contribution in [2.24, 2.45) is 0 Å². The molecule has 0 bridgehead atoms. The molecule has 24 heavy (non-hydrogen) atoms. The van der Waals surface area contributed by atoms with E-state index in [0.29, 0.717) is 17.1 Å². The first-order valence-corrected chi connectivity index (χ1v) is 9.28. The maximum absolute atomic E-state index is 6.43. The molecular weight excluding hydrogens is 439 g/mol. The summed E-state index contributed by atoms with van der Waals surface area (Å²) in [5.74, 6) is 0. The van der Waals surface area contributed by atoms with Gasteiger partial charge in [-0.3, -0.25) is 4.98 Å². The van der Waals surface area contributed by atoms with Gasteiger partial charge in [-0.25, -0.2) is 0 Å². The second-order valence-corrected chi connectivity index (χ2v) is 7.34. The first kappa shape index (κ1) is 16.1. The van der Waals surface area contributed by atoms with E-state index >= 15 is 0 Å². The molecule has 124 valence electrons. The number of hydrogen-bond acceptors (Lipinski definition) is 5. The lowest BCUT2D eigenvalue weighted by Gasteiger charge is -2.32. The highest BCUT2D eigenvalue weighted by molar-refractivity contribution is 14.1. The lowest BCUT2D eigenvalue weighted by molar-refractivity contribution is 0.456. The van der Waals surface area contributed by atoms with Crippen molar-refractivity contribution in [3.63, 3.8) is 0 Å². The molecule has 0 radical (unpaired) electrons. The van der Waals surface area contributed by atoms with Gasteiger partial charge >= 0.3 is 0 Å². The summed E-state index contributed by atoms with van der Waals surface area (Å²) in [7, 11) is 0. The maximum atomic E-state index is 6.43. The molecule has 7 heteroatoms. The monoisotopic (exact) mass is 454 g/mol. The first-order chi connectivity index (χ1) is 11.6. The van der Waals surface area contributed by atoms with E-state index in [4.69, 9.17) is 21.0 Å². The van der Waals surface area contributed by atoms with Gasteiger partial charge in [0, 0.05) is 35.4 Å². The molecule has 0 unspecified atom stereocenters. The van der Waals surface area contributed by atoms with Crippen LogP contribution in [0.5, 0.6) is 0 Å². The predicted octanol–water partition coefficient (Wildman–Crippen LogP) is 3.95. The highest BCUT2D eigenvalue weighted by atomic mass is 127. The van der Waals surface area contributed by atoms with E-state index in [1.807, 2.05) is 24.3 Å². The van der Waals surface area contributed by atoms with E-state index in [0.717, 1.165) is 45.6 Å². The predicted molar refractivity (Wildman–Crippen MR) is 105 cm³/mol. The Kier molecular flexibility index (Phi) is 4.36. The number of benzene rings is 1. The van der Waals surface area contributed by atoms with Crippen LogP contribution in [-0.4, -0.2) is 35.6 Å². The summed E-state index contributed by atoms with van der Waals surface area (Å²) in [5.41, 5.74) is 3.25. The Balaban J connectivity index is 1.90. The Bertz CT molecular complexity index is 883. The number of piperazine rings is 1. The van der Waals surface area contributed by atoms with Crippen molar-refractivity contribution in [2.45, 2.75) is 13.0 Å². The maximum Gasteiger partial charge on any atom is 0.298 e. The lowest BCUT2D eigenvalue weighted by Crippen LogP contribution is -2.50. The van der Waals surface area contributed by atoms with Crippen LogP contribution in [0, 0.1) is 3.57 Å². The summed E-state index contributed by atoms with van der Waals surface area (Å²) in [5, 5.41) is 4.04. The molecule has 1 N–H and O–H groups in total. The Morgan fingerprint density at radius 2 is 2.29 bits per heavy atom. The van der Waals surface area contributed by atoms with Gasteiger partial charge in [0.15, 0.2) is 5.58 Å². The quantitative estimate of drug-likeness (QED) is 0.594. The molecule has 1 atom stereocenters. The summed E-state index contributed by atoms with van der Waals surface area (Å²) in [4.78, 5) is 11.3. The third-order valence-electron chi connectivity index (χ3n) is 4.23. The second-order valence-electron chi connectivity index (χ2n) is 5.85. The highest BCUT2D eigenvalue weighted by Gasteiger charge is 2.25. The van der Waals surface area contributed by atoms with E-state index in [1.54, 1.807) is 6.20 Å². The molecular formula is C17H16ClIN4O. The minimum Gasteiger partial charge on any atom is -0.423 e. The fraction of sp³-hybridized carbons (Fsp3) is 0.294. The minimum absolute atomic E-state index is 0.333. The summed E-state index contributed by atoms with van der Waals surface area (Å²) < 4.78 is 7.11. The molecule has 0 spiro atoms. The fourth-order valence-electron chi connectivity index (χ4n) is 2.99. The molecule has 3 aromatic rings. The number of fused-ring (bicyclic) bond motifs is 1. The number of oxazole rings is 1. The van der Waals surface area contributed by atoms with Gasteiger partial charge in [-0.2, -0.15) is 4.98 Å². The van der Waals surface area contributed by atoms with Crippen LogP contribution in [0.3, 0.4) is 0 Å². The van der Waals surface area contributed by atoms with Crippen LogP contribution < -0.4 is 10.2 Å². The van der Waals surface area contributed by atoms with Gasteiger partial charge in [0.1, 0.15) is 5.52 Å². The van der Waals surface area contributed by atoms with Crippen molar-refractivity contribution in [2.75, 3.05) is 24.5 Å². The summed E-state index contributed by atoms with van der Waals surface area (Å²) in [6, 6.07) is 8.66. The Morgan fingerprint density at radius 1 is 1.42 bits per heavy atom. The largest absolute Gasteiger partial charge is 0.423 e. The molecule has 5 nitrogen and oxygen atoms in total. The van der Waals surface area contributed by atoms with E-state index < -0.39 is 0 Å². The zero-order chi connectivity index (χ0) is 16.7. The molecule has 2 aromatic heterocycles. The van der Waals surface area contributed by atoms with Crippen LogP contribution in [0.4, 0.5) is 6.01 Å². The number of hydrogen-bond donors (Lipinski definition) is 1. The molecule has 1 aliphatic rings. The Labute approximate surface area is 158 Å². The zero-order valence-corrected chi connectivity index (χ0v) is 16.0. The van der Waals surface area contributed by atoms with E-state index in [1.165, 1.54) is 0 Å². The van der Waals surface area contributed by atoms with Gasteiger partial charge in [-0.05, 0) is 47.7 Å². The molecule has 1 aromatic carbocycles. The van der Waals surface area contributed by atoms with Crippen LogP contribution in [-0.2, 0) is 0 Å². The highest BCUT2D eigenvalue weighted by Crippen LogP contribution is 2.38. The van der Waals surface area contributed by atoms with Gasteiger partial charge in [-0.1, -0.05) is 17.7 Å². The van der Waals surface area contributed by atoms with Gasteiger partial charge in [0.2, 0.25) is 0 Å². The van der Waals surface area contributed by atoms with E-state index in [-0.39, 0.29) is 0 Å². The molecule has 1 fully saturated rings. The smallest absolute Gasteiger partial charge is 0.298 e. The topological polar surface area (TPSA) is 54.2 Å². The molecule has 1 saturated heterocycles. The van der Waals surface area contributed by atoms with Gasteiger partial charge in [0.25, 0.3) is 6.01 Å². The van der Waals surface area contributed by atoms with Crippen molar-refractivity contribution in [1.29, 1.82) is 0 Å². The molecule has 3 heterocycles. The van der Waals surface area contributed by atoms with Gasteiger partial charge in [-0.15, -0.1) is 0 Å². The molecule has 4 rings (SSSR count). The van der Waals surface area contributed by atoms with Crippen molar-refractivity contribution < 1.29 is 4.42 Å². The van der Waals surface area contributed by atoms with Crippen LogP contribution in [0.25, 0.3) is 22.4 Å². The van der Waals surface area contributed by atoms with Crippen molar-refractivity contribution >= 4 is 51.3 Å². The van der Waals surface area contributed by atoms with Crippen LogP contribution in [0.1, 0.15) is 6.92 Å². The SMILES string of the molecule is C[C@H]1CNCCN1c1nc2cc(Cl)c(I)c(-c3ccccn3)c2o1. The zero-order valence-electron chi connectivity index (χ0n) is 13.1. The number of nitrogens with one attached hydrogen (secondary N) is 1. The average Bonchev–Trinajstić information content (AvgIpc) is 3.00. The third kappa shape index (κ3) is 2.76. The van der Waals surface area contributed by atoms with Gasteiger partial charge < -0.3 is 14.6 Å². The number of aromatic nitrogens is 2. The minimum atomic E-state index is 0.333. The number of nitrogens with zero attached hydrogens (tertiary/aromatic N) is 3.